The third kappa shape index (κ3) is 4.34. The Labute approximate surface area is 157 Å². The Morgan fingerprint density at radius 3 is 2.54 bits per heavy atom. The zero-order chi connectivity index (χ0) is 18.5. The number of hydrogen-bond acceptors (Lipinski definition) is 2. The van der Waals surface area contributed by atoms with Gasteiger partial charge >= 0.3 is 0 Å². The highest BCUT2D eigenvalue weighted by Gasteiger charge is 2.32. The highest BCUT2D eigenvalue weighted by Crippen LogP contribution is 2.34. The fourth-order valence-electron chi connectivity index (χ4n) is 3.94. The van der Waals surface area contributed by atoms with Crippen molar-refractivity contribution in [3.63, 3.8) is 0 Å². The number of piperidine rings is 1. The molecule has 3 rings (SSSR count). The number of carbonyl (C=O) groups excluding carboxylic acids is 1. The summed E-state index contributed by atoms with van der Waals surface area (Å²) in [6.45, 7) is 8.71. The largest absolute Gasteiger partial charge is 0.356 e. The number of benzene rings is 2. The molecule has 2 unspecified atom stereocenters. The van der Waals surface area contributed by atoms with Crippen LogP contribution in [-0.4, -0.2) is 23.9 Å². The molecule has 3 heteroatoms. The van der Waals surface area contributed by atoms with Gasteiger partial charge in [-0.15, -0.1) is 0 Å². The lowest BCUT2D eigenvalue weighted by Gasteiger charge is -2.39. The Bertz CT molecular complexity index is 741. The summed E-state index contributed by atoms with van der Waals surface area (Å²) in [5.41, 5.74) is 5.33. The van der Waals surface area contributed by atoms with Crippen LogP contribution in [0.4, 0.5) is 0 Å². The average Bonchev–Trinajstić information content (AvgIpc) is 2.65. The topological polar surface area (TPSA) is 32.3 Å². The van der Waals surface area contributed by atoms with E-state index in [2.05, 4.69) is 72.6 Å². The summed E-state index contributed by atoms with van der Waals surface area (Å²) in [5, 5.41) is 3.01. The highest BCUT2D eigenvalue weighted by atomic mass is 16.1. The first-order chi connectivity index (χ1) is 12.6. The number of rotatable bonds is 5. The molecule has 0 aromatic heterocycles. The number of nitrogens with one attached hydrogen (secondary N) is 1. The van der Waals surface area contributed by atoms with Crippen molar-refractivity contribution in [3.05, 3.63) is 70.8 Å². The first-order valence-corrected chi connectivity index (χ1v) is 9.71. The van der Waals surface area contributed by atoms with Gasteiger partial charge in [-0.05, 0) is 55.9 Å². The summed E-state index contributed by atoms with van der Waals surface area (Å²) in [7, 11) is 0. The van der Waals surface area contributed by atoms with Crippen molar-refractivity contribution in [3.8, 4) is 0 Å². The van der Waals surface area contributed by atoms with E-state index in [4.69, 9.17) is 0 Å². The second-order valence-electron chi connectivity index (χ2n) is 7.44. The number of hydrogen-bond donors (Lipinski definition) is 1. The summed E-state index contributed by atoms with van der Waals surface area (Å²) in [4.78, 5) is 14.9. The normalized spacial score (nSPS) is 20.7. The van der Waals surface area contributed by atoms with Gasteiger partial charge < -0.3 is 5.32 Å². The minimum Gasteiger partial charge on any atom is -0.356 e. The summed E-state index contributed by atoms with van der Waals surface area (Å²) < 4.78 is 0. The predicted octanol–water partition coefficient (Wildman–Crippen LogP) is 4.39. The Morgan fingerprint density at radius 2 is 1.85 bits per heavy atom. The summed E-state index contributed by atoms with van der Waals surface area (Å²) in [5.74, 6) is 0.283. The number of amides is 1. The smallest absolute Gasteiger partial charge is 0.224 e. The quantitative estimate of drug-likeness (QED) is 0.867. The minimum atomic E-state index is 0.0847. The van der Waals surface area contributed by atoms with Gasteiger partial charge in [-0.3, -0.25) is 9.69 Å². The lowest BCUT2D eigenvalue weighted by Crippen LogP contribution is -2.44. The van der Waals surface area contributed by atoms with Crippen molar-refractivity contribution < 1.29 is 4.79 Å². The van der Waals surface area contributed by atoms with E-state index in [1.54, 1.807) is 0 Å². The molecule has 138 valence electrons. The van der Waals surface area contributed by atoms with Gasteiger partial charge in [0, 0.05) is 25.7 Å². The van der Waals surface area contributed by atoms with E-state index >= 15 is 0 Å². The second-order valence-corrected chi connectivity index (χ2v) is 7.44. The van der Waals surface area contributed by atoms with Gasteiger partial charge in [0.1, 0.15) is 0 Å². The van der Waals surface area contributed by atoms with Crippen LogP contribution in [0.3, 0.4) is 0 Å². The van der Waals surface area contributed by atoms with E-state index in [1.165, 1.54) is 22.3 Å². The van der Waals surface area contributed by atoms with Crippen LogP contribution in [0, 0.1) is 19.8 Å². The molecule has 1 N–H and O–H groups in total. The van der Waals surface area contributed by atoms with E-state index in [-0.39, 0.29) is 11.8 Å². The first kappa shape index (κ1) is 18.7. The molecule has 1 amide bonds. The number of likely N-dealkylation sites (tertiary alicyclic amines) is 1. The van der Waals surface area contributed by atoms with Crippen LogP contribution in [-0.2, 0) is 11.3 Å². The maximum Gasteiger partial charge on any atom is 0.224 e. The van der Waals surface area contributed by atoms with Gasteiger partial charge in [0.15, 0.2) is 0 Å². The number of aryl methyl sites for hydroxylation is 2. The molecule has 3 nitrogen and oxygen atoms in total. The molecule has 0 radical (unpaired) electrons. The van der Waals surface area contributed by atoms with Gasteiger partial charge in [-0.1, -0.05) is 48.5 Å². The lowest BCUT2D eigenvalue weighted by molar-refractivity contribution is -0.127. The van der Waals surface area contributed by atoms with E-state index in [9.17, 15) is 4.79 Å². The predicted molar refractivity (Wildman–Crippen MR) is 107 cm³/mol. The third-order valence-electron chi connectivity index (χ3n) is 5.55. The maximum atomic E-state index is 12.4. The van der Waals surface area contributed by atoms with Crippen molar-refractivity contribution in [2.24, 2.45) is 5.92 Å². The van der Waals surface area contributed by atoms with Gasteiger partial charge in [0.25, 0.3) is 0 Å². The van der Waals surface area contributed by atoms with Crippen LogP contribution in [0.1, 0.15) is 48.1 Å². The molecule has 1 saturated heterocycles. The molecule has 1 fully saturated rings. The van der Waals surface area contributed by atoms with Crippen LogP contribution in [0.5, 0.6) is 0 Å². The SMILES string of the molecule is CCNC(=O)C1CCC(c2ccccc2)N(Cc2ccc(C)c(C)c2)C1. The second kappa shape index (κ2) is 8.50. The van der Waals surface area contributed by atoms with E-state index in [0.717, 1.165) is 25.9 Å². The molecule has 0 aliphatic carbocycles. The molecule has 0 saturated carbocycles. The van der Waals surface area contributed by atoms with E-state index in [0.29, 0.717) is 12.6 Å². The Morgan fingerprint density at radius 1 is 1.08 bits per heavy atom. The van der Waals surface area contributed by atoms with E-state index < -0.39 is 0 Å². The molecule has 2 aromatic carbocycles. The molecule has 26 heavy (non-hydrogen) atoms. The van der Waals surface area contributed by atoms with Crippen molar-refractivity contribution in [2.75, 3.05) is 13.1 Å². The first-order valence-electron chi connectivity index (χ1n) is 9.71. The molecule has 1 aliphatic rings. The van der Waals surface area contributed by atoms with Crippen molar-refractivity contribution >= 4 is 5.91 Å². The van der Waals surface area contributed by atoms with Crippen LogP contribution >= 0.6 is 0 Å². The molecule has 1 heterocycles. The zero-order valence-electron chi connectivity index (χ0n) is 16.2. The summed E-state index contributed by atoms with van der Waals surface area (Å²) in [6, 6.07) is 17.8. The fraction of sp³-hybridized carbons (Fsp3) is 0.435. The van der Waals surface area contributed by atoms with Crippen molar-refractivity contribution in [1.29, 1.82) is 0 Å². The van der Waals surface area contributed by atoms with Crippen LogP contribution < -0.4 is 5.32 Å². The third-order valence-corrected chi connectivity index (χ3v) is 5.55. The molecule has 1 aliphatic heterocycles. The zero-order valence-corrected chi connectivity index (χ0v) is 16.2. The standard InChI is InChI=1S/C23H30N2O/c1-4-24-23(26)21-12-13-22(20-8-6-5-7-9-20)25(16-21)15-19-11-10-17(2)18(3)14-19/h5-11,14,21-22H,4,12-13,15-16H2,1-3H3,(H,24,26). The van der Waals surface area contributed by atoms with Crippen LogP contribution in [0.25, 0.3) is 0 Å². The van der Waals surface area contributed by atoms with Gasteiger partial charge in [0.05, 0.1) is 5.92 Å². The van der Waals surface area contributed by atoms with Gasteiger partial charge in [0.2, 0.25) is 5.91 Å². The molecule has 2 atom stereocenters. The lowest BCUT2D eigenvalue weighted by atomic mass is 9.88. The van der Waals surface area contributed by atoms with Crippen LogP contribution in [0.15, 0.2) is 48.5 Å². The molecular formula is C23H30N2O. The summed E-state index contributed by atoms with van der Waals surface area (Å²) in [6.07, 6.45) is 1.98. The molecular weight excluding hydrogens is 320 g/mol. The molecule has 2 aromatic rings. The molecule has 0 bridgehead atoms. The van der Waals surface area contributed by atoms with E-state index in [1.807, 2.05) is 6.92 Å². The molecule has 0 spiro atoms. The summed E-state index contributed by atoms with van der Waals surface area (Å²) >= 11 is 0. The van der Waals surface area contributed by atoms with Crippen molar-refractivity contribution in [1.82, 2.24) is 10.2 Å². The fourth-order valence-corrected chi connectivity index (χ4v) is 3.94. The Kier molecular flexibility index (Phi) is 6.10. The maximum absolute atomic E-state index is 12.4. The number of nitrogens with zero attached hydrogens (tertiary/aromatic N) is 1. The van der Waals surface area contributed by atoms with Crippen molar-refractivity contribution in [2.45, 2.75) is 46.2 Å². The van der Waals surface area contributed by atoms with Crippen LogP contribution in [0.2, 0.25) is 0 Å². The van der Waals surface area contributed by atoms with Gasteiger partial charge in [-0.25, -0.2) is 0 Å². The monoisotopic (exact) mass is 350 g/mol. The highest BCUT2D eigenvalue weighted by molar-refractivity contribution is 5.78. The Balaban J connectivity index is 1.82. The Hall–Kier alpha value is -2.13. The minimum absolute atomic E-state index is 0.0847. The van der Waals surface area contributed by atoms with Gasteiger partial charge in [-0.2, -0.15) is 0 Å². The number of carbonyl (C=O) groups is 1. The average molecular weight is 351 g/mol.